The number of thiocarbonyl (C=S) groups is 1. The summed E-state index contributed by atoms with van der Waals surface area (Å²) in [6, 6.07) is 15.5. The highest BCUT2D eigenvalue weighted by Crippen LogP contribution is 2.21. The summed E-state index contributed by atoms with van der Waals surface area (Å²) < 4.78 is 1.48. The predicted molar refractivity (Wildman–Crippen MR) is 116 cm³/mol. The third kappa shape index (κ3) is 4.98. The highest BCUT2D eigenvalue weighted by Gasteiger charge is 2.20. The molecule has 3 rings (SSSR count). The number of rotatable bonds is 6. The lowest BCUT2D eigenvalue weighted by atomic mass is 10.1. The van der Waals surface area contributed by atoms with Gasteiger partial charge < -0.3 is 15.5 Å². The molecule has 3 aromatic rings. The number of hydrogen-bond donors (Lipinski definition) is 2. The lowest BCUT2D eigenvalue weighted by Gasteiger charge is -2.17. The van der Waals surface area contributed by atoms with Gasteiger partial charge in [-0.1, -0.05) is 36.0 Å². The highest BCUT2D eigenvalue weighted by atomic mass is 35.5. The van der Waals surface area contributed by atoms with Crippen molar-refractivity contribution in [1.29, 1.82) is 0 Å². The maximum Gasteiger partial charge on any atom is 0.270 e. The van der Waals surface area contributed by atoms with Gasteiger partial charge in [0.05, 0.1) is 11.5 Å². The number of anilines is 1. The van der Waals surface area contributed by atoms with E-state index in [0.717, 1.165) is 0 Å². The van der Waals surface area contributed by atoms with Crippen LogP contribution in [0.1, 0.15) is 11.1 Å². The van der Waals surface area contributed by atoms with Crippen molar-refractivity contribution in [3.8, 4) is 0 Å². The van der Waals surface area contributed by atoms with E-state index in [1.165, 1.54) is 28.8 Å². The van der Waals surface area contributed by atoms with Crippen molar-refractivity contribution < 1.29 is 19.7 Å². The van der Waals surface area contributed by atoms with Crippen LogP contribution in [0.15, 0.2) is 73.1 Å². The van der Waals surface area contributed by atoms with Crippen LogP contribution in [0.4, 0.5) is 11.4 Å². The van der Waals surface area contributed by atoms with Crippen molar-refractivity contribution in [1.82, 2.24) is 0 Å². The van der Waals surface area contributed by atoms with Gasteiger partial charge in [-0.2, -0.15) is 4.57 Å². The average Bonchev–Trinajstić information content (AvgIpc) is 2.75. The molecule has 30 heavy (non-hydrogen) atoms. The van der Waals surface area contributed by atoms with Gasteiger partial charge in [0, 0.05) is 34.5 Å². The Hall–Kier alpha value is -3.33. The van der Waals surface area contributed by atoms with Gasteiger partial charge in [0.2, 0.25) is 5.70 Å². The molecule has 1 heterocycles. The molecule has 2 aromatic carbocycles. The van der Waals surface area contributed by atoms with Crippen molar-refractivity contribution in [3.05, 3.63) is 99.3 Å². The fourth-order valence-electron chi connectivity index (χ4n) is 2.72. The van der Waals surface area contributed by atoms with Gasteiger partial charge in [0.15, 0.2) is 17.4 Å². The molecular weight excluding hydrogens is 426 g/mol. The summed E-state index contributed by atoms with van der Waals surface area (Å²) in [5, 5.41) is 37.4. The fourth-order valence-corrected chi connectivity index (χ4v) is 3.16. The summed E-state index contributed by atoms with van der Waals surface area (Å²) >= 11 is 11.4. The second-order valence-electron chi connectivity index (χ2n) is 6.22. The monoisotopic (exact) mass is 441 g/mol. The first-order valence-corrected chi connectivity index (χ1v) is 9.52. The zero-order chi connectivity index (χ0) is 21.7. The van der Waals surface area contributed by atoms with E-state index in [9.17, 15) is 20.3 Å². The average molecular weight is 442 g/mol. The highest BCUT2D eigenvalue weighted by molar-refractivity contribution is 7.81. The summed E-state index contributed by atoms with van der Waals surface area (Å²) in [5.74, 6) is -0.509. The van der Waals surface area contributed by atoms with Crippen molar-refractivity contribution in [2.75, 3.05) is 5.32 Å². The van der Waals surface area contributed by atoms with Crippen LogP contribution in [0.2, 0.25) is 5.02 Å². The standard InChI is InChI=1S/C21H16ClN3O4S/c22-16-6-8-17(9-7-16)23-21(30)19(24-10-2-3-14(12-24)13-26)20(27)15-4-1-5-18(11-15)25(28)29/h1-12,26H,13H2,(H-,23,27,30). The van der Waals surface area contributed by atoms with Crippen molar-refractivity contribution in [2.24, 2.45) is 0 Å². The zero-order valence-electron chi connectivity index (χ0n) is 15.5. The van der Waals surface area contributed by atoms with E-state index in [0.29, 0.717) is 16.3 Å². The molecule has 0 fully saturated rings. The molecule has 0 saturated heterocycles. The molecule has 0 aliphatic rings. The van der Waals surface area contributed by atoms with Crippen LogP contribution >= 0.6 is 23.8 Å². The Morgan fingerprint density at radius 2 is 1.90 bits per heavy atom. The quantitative estimate of drug-likeness (QED) is 0.152. The lowest BCUT2D eigenvalue weighted by molar-refractivity contribution is -0.578. The second kappa shape index (κ2) is 9.45. The maximum absolute atomic E-state index is 13.3. The number of non-ortho nitro benzene ring substituents is 1. The van der Waals surface area contributed by atoms with Gasteiger partial charge in [-0.25, -0.2) is 0 Å². The Labute approximate surface area is 182 Å². The van der Waals surface area contributed by atoms with Gasteiger partial charge in [0.1, 0.15) is 0 Å². The predicted octanol–water partition coefficient (Wildman–Crippen LogP) is 3.15. The topological polar surface area (TPSA) is 102 Å². The molecule has 0 unspecified atom stereocenters. The summed E-state index contributed by atoms with van der Waals surface area (Å²) in [5.41, 5.74) is 1.17. The van der Waals surface area contributed by atoms with Gasteiger partial charge in [-0.15, -0.1) is 0 Å². The zero-order valence-corrected chi connectivity index (χ0v) is 17.1. The smallest absolute Gasteiger partial charge is 0.270 e. The van der Waals surface area contributed by atoms with Crippen LogP contribution in [0.3, 0.4) is 0 Å². The number of nitrogens with zero attached hydrogens (tertiary/aromatic N) is 2. The summed E-state index contributed by atoms with van der Waals surface area (Å²) in [7, 11) is 0. The van der Waals surface area contributed by atoms with E-state index in [4.69, 9.17) is 23.8 Å². The van der Waals surface area contributed by atoms with Crippen LogP contribution in [0, 0.1) is 10.1 Å². The van der Waals surface area contributed by atoms with E-state index >= 15 is 0 Å². The molecule has 0 aliphatic heterocycles. The van der Waals surface area contributed by atoms with Crippen LogP contribution in [-0.4, -0.2) is 15.0 Å². The van der Waals surface area contributed by atoms with Crippen LogP contribution < -0.4 is 15.0 Å². The Kier molecular flexibility index (Phi) is 6.73. The number of benzene rings is 2. The van der Waals surface area contributed by atoms with Gasteiger partial charge >= 0.3 is 0 Å². The largest absolute Gasteiger partial charge is 0.867 e. The Morgan fingerprint density at radius 1 is 1.17 bits per heavy atom. The van der Waals surface area contributed by atoms with E-state index in [1.807, 2.05) is 0 Å². The molecule has 0 saturated carbocycles. The first kappa shape index (κ1) is 21.4. The Morgan fingerprint density at radius 3 is 2.57 bits per heavy atom. The molecule has 9 heteroatoms. The van der Waals surface area contributed by atoms with Crippen molar-refractivity contribution in [2.45, 2.75) is 6.61 Å². The third-order valence-corrected chi connectivity index (χ3v) is 4.70. The first-order chi connectivity index (χ1) is 14.4. The molecule has 1 aromatic heterocycles. The van der Waals surface area contributed by atoms with E-state index in [2.05, 4.69) is 5.32 Å². The summed E-state index contributed by atoms with van der Waals surface area (Å²) in [4.78, 5) is 10.6. The molecule has 0 spiro atoms. The minimum atomic E-state index is -0.569. The number of pyridine rings is 1. The first-order valence-electron chi connectivity index (χ1n) is 8.73. The molecule has 0 radical (unpaired) electrons. The molecule has 0 atom stereocenters. The van der Waals surface area contributed by atoms with Gasteiger partial charge in [-0.05, 0) is 41.7 Å². The minimum absolute atomic E-state index is 0.0794. The SMILES string of the molecule is O=[N+]([O-])c1cccc(/C([O-])=C(/C(=S)Nc2ccc(Cl)cc2)[n+]2cccc(CO)c2)c1. The molecule has 0 aliphatic carbocycles. The molecule has 2 N–H and O–H groups in total. The number of aromatic nitrogens is 1. The number of halogens is 1. The number of aliphatic hydroxyl groups excluding tert-OH is 1. The van der Waals surface area contributed by atoms with Gasteiger partial charge in [0.25, 0.3) is 5.69 Å². The van der Waals surface area contributed by atoms with Crippen LogP contribution in [0.5, 0.6) is 0 Å². The van der Waals surface area contributed by atoms with Crippen LogP contribution in [0.25, 0.3) is 11.5 Å². The van der Waals surface area contributed by atoms with Crippen molar-refractivity contribution >= 4 is 51.6 Å². The summed E-state index contributed by atoms with van der Waals surface area (Å²) in [6.45, 7) is -0.226. The molecule has 0 bridgehead atoms. The number of aliphatic hydroxyl groups is 1. The lowest BCUT2D eigenvalue weighted by Crippen LogP contribution is -2.40. The van der Waals surface area contributed by atoms with E-state index in [1.54, 1.807) is 48.8 Å². The Balaban J connectivity index is 2.11. The minimum Gasteiger partial charge on any atom is -0.867 e. The number of nitrogens with one attached hydrogen (secondary N) is 1. The number of nitro benzene ring substituents is 1. The number of nitro groups is 1. The van der Waals surface area contributed by atoms with Crippen LogP contribution in [-0.2, 0) is 6.61 Å². The molecule has 0 amide bonds. The van der Waals surface area contributed by atoms with Gasteiger partial charge in [-0.3, -0.25) is 10.1 Å². The maximum atomic E-state index is 13.3. The number of hydrogen-bond acceptors (Lipinski definition) is 5. The molecule has 152 valence electrons. The summed E-state index contributed by atoms with van der Waals surface area (Å²) in [6.07, 6.45) is 3.18. The Bertz CT molecular complexity index is 1130. The molecular formula is C21H16ClN3O4S. The normalized spacial score (nSPS) is 11.5. The third-order valence-electron chi connectivity index (χ3n) is 4.15. The fraction of sp³-hybridized carbons (Fsp3) is 0.0476. The van der Waals surface area contributed by atoms with E-state index in [-0.39, 0.29) is 28.5 Å². The van der Waals surface area contributed by atoms with E-state index < -0.39 is 10.7 Å². The van der Waals surface area contributed by atoms with Crippen molar-refractivity contribution in [3.63, 3.8) is 0 Å². The molecule has 7 nitrogen and oxygen atoms in total. The second-order valence-corrected chi connectivity index (χ2v) is 7.07.